The Morgan fingerprint density at radius 1 is 1.33 bits per heavy atom. The Morgan fingerprint density at radius 3 is 2.44 bits per heavy atom. The molecule has 0 heterocycles. The molecule has 2 N–H and O–H groups in total. The van der Waals surface area contributed by atoms with Crippen molar-refractivity contribution < 1.29 is 19.1 Å². The van der Waals surface area contributed by atoms with Gasteiger partial charge in [0.2, 0.25) is 0 Å². The van der Waals surface area contributed by atoms with E-state index < -0.39 is 23.7 Å². The van der Waals surface area contributed by atoms with Gasteiger partial charge in [-0.05, 0) is 12.5 Å². The quantitative estimate of drug-likeness (QED) is 0.454. The van der Waals surface area contributed by atoms with Gasteiger partial charge in [-0.15, -0.1) is 0 Å². The molecule has 5 heteroatoms. The van der Waals surface area contributed by atoms with Crippen molar-refractivity contribution in [2.24, 2.45) is 11.7 Å². The van der Waals surface area contributed by atoms with Gasteiger partial charge in [0.25, 0.3) is 0 Å². The number of hydrogen-bond donors (Lipinski definition) is 1. The maximum atomic E-state index is 11.9. The molecule has 0 spiro atoms. The van der Waals surface area contributed by atoms with Crippen LogP contribution in [0.1, 0.15) is 18.5 Å². The Balaban J connectivity index is 2.85. The topological polar surface area (TPSA) is 86.5 Å². The summed E-state index contributed by atoms with van der Waals surface area (Å²) in [5, 5.41) is 0. The lowest BCUT2D eigenvalue weighted by molar-refractivity contribution is -0.152. The predicted molar refractivity (Wildman–Crippen MR) is 64.6 cm³/mol. The van der Waals surface area contributed by atoms with Crippen LogP contribution in [0.5, 0.6) is 0 Å². The highest BCUT2D eigenvalue weighted by molar-refractivity contribution is 6.12. The van der Waals surface area contributed by atoms with Crippen molar-refractivity contribution >= 4 is 18.0 Å². The van der Waals surface area contributed by atoms with Crippen molar-refractivity contribution in [3.8, 4) is 0 Å². The van der Waals surface area contributed by atoms with Crippen molar-refractivity contribution in [2.75, 3.05) is 6.61 Å². The second-order valence-corrected chi connectivity index (χ2v) is 3.66. The second kappa shape index (κ2) is 6.66. The van der Waals surface area contributed by atoms with Crippen LogP contribution >= 0.6 is 0 Å². The molecule has 0 amide bonds. The van der Waals surface area contributed by atoms with Crippen LogP contribution in [0.3, 0.4) is 0 Å². The first-order valence-electron chi connectivity index (χ1n) is 5.58. The molecule has 5 nitrogen and oxygen atoms in total. The first kappa shape index (κ1) is 14.1. The first-order chi connectivity index (χ1) is 8.61. The Labute approximate surface area is 105 Å². The zero-order chi connectivity index (χ0) is 13.5. The molecule has 2 atom stereocenters. The zero-order valence-electron chi connectivity index (χ0n) is 10.0. The summed E-state index contributed by atoms with van der Waals surface area (Å²) in [5.74, 6) is -2.97. The van der Waals surface area contributed by atoms with Gasteiger partial charge in [-0.1, -0.05) is 30.3 Å². The van der Waals surface area contributed by atoms with Crippen molar-refractivity contribution in [2.45, 2.75) is 13.0 Å². The van der Waals surface area contributed by atoms with E-state index in [0.29, 0.717) is 5.56 Å². The number of rotatable bonds is 6. The number of benzene rings is 1. The second-order valence-electron chi connectivity index (χ2n) is 3.66. The third-order valence-electron chi connectivity index (χ3n) is 2.45. The summed E-state index contributed by atoms with van der Waals surface area (Å²) in [6.07, 6.45) is 0.267. The van der Waals surface area contributed by atoms with Gasteiger partial charge in [0.05, 0.1) is 12.6 Å². The largest absolute Gasteiger partial charge is 0.465 e. The molecule has 0 fully saturated rings. The van der Waals surface area contributed by atoms with Gasteiger partial charge in [-0.25, -0.2) is 0 Å². The molecular formula is C13H15NO4. The molecule has 0 aliphatic rings. The van der Waals surface area contributed by atoms with Crippen molar-refractivity contribution in [3.63, 3.8) is 0 Å². The minimum atomic E-state index is -1.46. The maximum Gasteiger partial charge on any atom is 0.323 e. The summed E-state index contributed by atoms with van der Waals surface area (Å²) in [6.45, 7) is 1.71. The molecule has 96 valence electrons. The van der Waals surface area contributed by atoms with Gasteiger partial charge >= 0.3 is 5.97 Å². The number of aldehydes is 1. The molecule has 18 heavy (non-hydrogen) atoms. The molecule has 0 bridgehead atoms. The Hall–Kier alpha value is -2.01. The Kier molecular flexibility index (Phi) is 5.20. The average Bonchev–Trinajstić information content (AvgIpc) is 2.40. The molecule has 0 aromatic heterocycles. The van der Waals surface area contributed by atoms with Crippen LogP contribution in [0.15, 0.2) is 30.3 Å². The van der Waals surface area contributed by atoms with Crippen molar-refractivity contribution in [1.82, 2.24) is 0 Å². The van der Waals surface area contributed by atoms with E-state index in [1.165, 1.54) is 0 Å². The number of esters is 1. The molecular weight excluding hydrogens is 234 g/mol. The number of nitrogens with two attached hydrogens (primary N) is 1. The highest BCUT2D eigenvalue weighted by atomic mass is 16.5. The number of ketones is 1. The lowest BCUT2D eigenvalue weighted by Gasteiger charge is -2.14. The summed E-state index contributed by atoms with van der Waals surface area (Å²) in [7, 11) is 0. The van der Waals surface area contributed by atoms with E-state index in [9.17, 15) is 14.4 Å². The minimum absolute atomic E-state index is 0.108. The first-order valence-corrected chi connectivity index (χ1v) is 5.58. The molecule has 0 radical (unpaired) electrons. The number of Topliss-reactive ketones (excluding diaryl/α,β-unsaturated/α-hetero) is 1. The normalized spacial score (nSPS) is 13.4. The van der Waals surface area contributed by atoms with E-state index in [4.69, 9.17) is 5.73 Å². The van der Waals surface area contributed by atoms with E-state index >= 15 is 0 Å². The molecule has 1 aromatic carbocycles. The van der Waals surface area contributed by atoms with E-state index in [0.717, 1.165) is 0 Å². The molecule has 0 aliphatic heterocycles. The van der Waals surface area contributed by atoms with Gasteiger partial charge < -0.3 is 15.3 Å². The van der Waals surface area contributed by atoms with Crippen LogP contribution < -0.4 is 5.73 Å². The maximum absolute atomic E-state index is 11.9. The van der Waals surface area contributed by atoms with Crippen LogP contribution in [0.2, 0.25) is 0 Å². The Morgan fingerprint density at radius 2 is 1.94 bits per heavy atom. The lowest BCUT2D eigenvalue weighted by Crippen LogP contribution is -2.35. The highest BCUT2D eigenvalue weighted by Gasteiger charge is 2.32. The third-order valence-corrected chi connectivity index (χ3v) is 2.45. The molecule has 0 saturated heterocycles. The molecule has 0 saturated carbocycles. The van der Waals surface area contributed by atoms with Crippen LogP contribution in [-0.4, -0.2) is 24.6 Å². The standard InChI is InChI=1S/C13H15NO4/c1-2-18-13(17)10(8-15)12(16)11(14)9-6-4-3-5-7-9/h3-8,10-11H,2,14H2,1H3. The fourth-order valence-electron chi connectivity index (χ4n) is 1.49. The van der Waals surface area contributed by atoms with E-state index in [1.54, 1.807) is 37.3 Å². The summed E-state index contributed by atoms with van der Waals surface area (Å²) < 4.78 is 4.66. The average molecular weight is 249 g/mol. The molecule has 0 aliphatic carbocycles. The summed E-state index contributed by atoms with van der Waals surface area (Å²) in [5.41, 5.74) is 6.29. The van der Waals surface area contributed by atoms with E-state index in [1.807, 2.05) is 0 Å². The van der Waals surface area contributed by atoms with Gasteiger partial charge in [-0.2, -0.15) is 0 Å². The number of hydrogen-bond acceptors (Lipinski definition) is 5. The van der Waals surface area contributed by atoms with E-state index in [2.05, 4.69) is 4.74 Å². The fraction of sp³-hybridized carbons (Fsp3) is 0.308. The van der Waals surface area contributed by atoms with Crippen LogP contribution in [0, 0.1) is 5.92 Å². The fourth-order valence-corrected chi connectivity index (χ4v) is 1.49. The number of carbonyl (C=O) groups excluding carboxylic acids is 3. The predicted octanol–water partition coefficient (Wildman–Crippen LogP) is 0.634. The monoisotopic (exact) mass is 249 g/mol. The summed E-state index contributed by atoms with van der Waals surface area (Å²) in [6, 6.07) is 7.55. The zero-order valence-corrected chi connectivity index (χ0v) is 10.0. The number of ether oxygens (including phenoxy) is 1. The van der Waals surface area contributed by atoms with Gasteiger partial charge in [0.15, 0.2) is 11.7 Å². The summed E-state index contributed by atoms with van der Waals surface area (Å²) in [4.78, 5) is 34.2. The van der Waals surface area contributed by atoms with Crippen molar-refractivity contribution in [1.29, 1.82) is 0 Å². The lowest BCUT2D eigenvalue weighted by atomic mass is 9.95. The Bertz CT molecular complexity index is 430. The highest BCUT2D eigenvalue weighted by Crippen LogP contribution is 2.15. The van der Waals surface area contributed by atoms with Gasteiger partial charge in [0, 0.05) is 0 Å². The third kappa shape index (κ3) is 3.24. The van der Waals surface area contributed by atoms with Gasteiger partial charge in [0.1, 0.15) is 6.29 Å². The number of carbonyl (C=O) groups is 3. The SMILES string of the molecule is CCOC(=O)C(C=O)C(=O)C(N)c1ccccc1. The van der Waals surface area contributed by atoms with Gasteiger partial charge in [-0.3, -0.25) is 9.59 Å². The minimum Gasteiger partial charge on any atom is -0.465 e. The van der Waals surface area contributed by atoms with Crippen LogP contribution in [-0.2, 0) is 19.1 Å². The molecule has 2 unspecified atom stereocenters. The van der Waals surface area contributed by atoms with Crippen molar-refractivity contribution in [3.05, 3.63) is 35.9 Å². The summed E-state index contributed by atoms with van der Waals surface area (Å²) >= 11 is 0. The molecule has 1 rings (SSSR count). The van der Waals surface area contributed by atoms with E-state index in [-0.39, 0.29) is 12.9 Å². The van der Waals surface area contributed by atoms with Crippen LogP contribution in [0.25, 0.3) is 0 Å². The van der Waals surface area contributed by atoms with Crippen LogP contribution in [0.4, 0.5) is 0 Å². The smallest absolute Gasteiger partial charge is 0.323 e. The molecule has 1 aromatic rings.